The van der Waals surface area contributed by atoms with Gasteiger partial charge in [0, 0.05) is 17.3 Å². The van der Waals surface area contributed by atoms with Gasteiger partial charge in [-0.3, -0.25) is 0 Å². The predicted molar refractivity (Wildman–Crippen MR) is 90.4 cm³/mol. The molecule has 0 aliphatic rings. The fourth-order valence-electron chi connectivity index (χ4n) is 1.92. The molecule has 5 heteroatoms. The van der Waals surface area contributed by atoms with Gasteiger partial charge in [-0.15, -0.1) is 0 Å². The maximum absolute atomic E-state index is 13.0. The highest BCUT2D eigenvalue weighted by Crippen LogP contribution is 2.16. The van der Waals surface area contributed by atoms with Crippen LogP contribution in [0, 0.1) is 5.82 Å². The zero-order valence-corrected chi connectivity index (χ0v) is 13.0. The van der Waals surface area contributed by atoms with Crippen molar-refractivity contribution in [2.24, 2.45) is 0 Å². The first-order valence-electron chi connectivity index (χ1n) is 6.69. The van der Waals surface area contributed by atoms with E-state index in [1.54, 1.807) is 12.1 Å². The van der Waals surface area contributed by atoms with E-state index in [9.17, 15) is 4.39 Å². The highest BCUT2D eigenvalue weighted by molar-refractivity contribution is 7.80. The Morgan fingerprint density at radius 1 is 1.14 bits per heavy atom. The molecule has 0 aromatic heterocycles. The molecule has 21 heavy (non-hydrogen) atoms. The van der Waals surface area contributed by atoms with E-state index in [-0.39, 0.29) is 5.82 Å². The molecule has 2 N–H and O–H groups in total. The molecule has 0 radical (unpaired) electrons. The van der Waals surface area contributed by atoms with Gasteiger partial charge in [0.25, 0.3) is 0 Å². The van der Waals surface area contributed by atoms with E-state index < -0.39 is 0 Å². The lowest BCUT2D eigenvalue weighted by atomic mass is 10.1. The summed E-state index contributed by atoms with van der Waals surface area (Å²) in [7, 11) is 0. The molecular weight excluding hydrogens is 307 g/mol. The summed E-state index contributed by atoms with van der Waals surface area (Å²) < 4.78 is 13.0. The summed E-state index contributed by atoms with van der Waals surface area (Å²) in [5.41, 5.74) is 1.77. The fourth-order valence-corrected chi connectivity index (χ4v) is 2.37. The van der Waals surface area contributed by atoms with Crippen LogP contribution in [0.2, 0.25) is 5.02 Å². The van der Waals surface area contributed by atoms with E-state index in [2.05, 4.69) is 10.6 Å². The maximum atomic E-state index is 13.0. The number of rotatable bonds is 5. The van der Waals surface area contributed by atoms with Gasteiger partial charge in [0.05, 0.1) is 0 Å². The van der Waals surface area contributed by atoms with E-state index in [0.29, 0.717) is 10.8 Å². The lowest BCUT2D eigenvalue weighted by molar-refractivity contribution is 0.628. The summed E-state index contributed by atoms with van der Waals surface area (Å²) in [6.07, 6.45) is 1.80. The second kappa shape index (κ2) is 7.96. The van der Waals surface area contributed by atoms with Crippen LogP contribution >= 0.6 is 23.8 Å². The van der Waals surface area contributed by atoms with Gasteiger partial charge in [0.15, 0.2) is 5.11 Å². The van der Waals surface area contributed by atoms with Crippen LogP contribution in [0.25, 0.3) is 0 Å². The second-order valence-electron chi connectivity index (χ2n) is 4.59. The molecule has 0 spiro atoms. The topological polar surface area (TPSA) is 24.1 Å². The van der Waals surface area contributed by atoms with Crippen LogP contribution in [0.4, 0.5) is 10.1 Å². The molecular formula is C16H16ClFN2S. The Hall–Kier alpha value is -1.65. The third-order valence-corrected chi connectivity index (χ3v) is 3.56. The van der Waals surface area contributed by atoms with Crippen molar-refractivity contribution >= 4 is 34.6 Å². The summed E-state index contributed by atoms with van der Waals surface area (Å²) in [5.74, 6) is -0.290. The van der Waals surface area contributed by atoms with Gasteiger partial charge in [-0.1, -0.05) is 35.9 Å². The summed E-state index contributed by atoms with van der Waals surface area (Å²) in [5, 5.41) is 7.32. The summed E-state index contributed by atoms with van der Waals surface area (Å²) in [6.45, 7) is 0.729. The molecule has 0 saturated heterocycles. The standard InChI is InChI=1S/C16H16ClFN2S/c17-15-9-2-1-5-12(15)6-4-10-19-16(21)20-14-8-3-7-13(18)11-14/h1-3,5,7-9,11H,4,6,10H2,(H2,19,20,21). The van der Waals surface area contributed by atoms with Crippen LogP contribution in [0.1, 0.15) is 12.0 Å². The normalized spacial score (nSPS) is 10.2. The maximum Gasteiger partial charge on any atom is 0.170 e. The number of halogens is 2. The van der Waals surface area contributed by atoms with E-state index in [4.69, 9.17) is 23.8 Å². The van der Waals surface area contributed by atoms with Crippen LogP contribution in [0.3, 0.4) is 0 Å². The molecule has 0 fully saturated rings. The van der Waals surface area contributed by atoms with Crippen LogP contribution in [0.15, 0.2) is 48.5 Å². The van der Waals surface area contributed by atoms with Crippen LogP contribution < -0.4 is 10.6 Å². The van der Waals surface area contributed by atoms with Crippen molar-refractivity contribution in [3.05, 3.63) is 64.9 Å². The minimum atomic E-state index is -0.290. The minimum absolute atomic E-state index is 0.290. The first-order chi connectivity index (χ1) is 10.1. The van der Waals surface area contributed by atoms with Crippen molar-refractivity contribution in [2.75, 3.05) is 11.9 Å². The van der Waals surface area contributed by atoms with Gasteiger partial charge in [-0.25, -0.2) is 4.39 Å². The molecule has 0 atom stereocenters. The highest BCUT2D eigenvalue weighted by atomic mass is 35.5. The second-order valence-corrected chi connectivity index (χ2v) is 5.40. The molecule has 0 aliphatic carbocycles. The minimum Gasteiger partial charge on any atom is -0.362 e. The summed E-state index contributed by atoms with van der Waals surface area (Å²) >= 11 is 11.3. The van der Waals surface area contributed by atoms with E-state index in [0.717, 1.165) is 30.0 Å². The SMILES string of the molecule is Fc1cccc(NC(=S)NCCCc2ccccc2Cl)c1. The molecule has 0 heterocycles. The van der Waals surface area contributed by atoms with Crippen molar-refractivity contribution in [3.63, 3.8) is 0 Å². The van der Waals surface area contributed by atoms with Crippen molar-refractivity contribution in [2.45, 2.75) is 12.8 Å². The third-order valence-electron chi connectivity index (χ3n) is 2.95. The van der Waals surface area contributed by atoms with E-state index in [1.165, 1.54) is 12.1 Å². The molecule has 2 rings (SSSR count). The largest absolute Gasteiger partial charge is 0.362 e. The van der Waals surface area contributed by atoms with Gasteiger partial charge >= 0.3 is 0 Å². The molecule has 0 aliphatic heterocycles. The van der Waals surface area contributed by atoms with Crippen LogP contribution in [-0.2, 0) is 6.42 Å². The van der Waals surface area contributed by atoms with Gasteiger partial charge in [0.2, 0.25) is 0 Å². The Labute approximate surface area is 134 Å². The average Bonchev–Trinajstić information content (AvgIpc) is 2.45. The molecule has 2 aromatic carbocycles. The zero-order chi connectivity index (χ0) is 15.1. The predicted octanol–water partition coefficient (Wildman–Crippen LogP) is 4.40. The molecule has 0 unspecified atom stereocenters. The quantitative estimate of drug-likeness (QED) is 0.630. The van der Waals surface area contributed by atoms with Gasteiger partial charge in [0.1, 0.15) is 5.82 Å². The lowest BCUT2D eigenvalue weighted by Crippen LogP contribution is -2.29. The lowest BCUT2D eigenvalue weighted by Gasteiger charge is -2.10. The monoisotopic (exact) mass is 322 g/mol. The van der Waals surface area contributed by atoms with Gasteiger partial charge in [-0.2, -0.15) is 0 Å². The molecule has 2 aromatic rings. The number of nitrogens with one attached hydrogen (secondary N) is 2. The fraction of sp³-hybridized carbons (Fsp3) is 0.188. The van der Waals surface area contributed by atoms with Gasteiger partial charge < -0.3 is 10.6 Å². The molecule has 0 amide bonds. The average molecular weight is 323 g/mol. The van der Waals surface area contributed by atoms with Crippen molar-refractivity contribution in [1.29, 1.82) is 0 Å². The first-order valence-corrected chi connectivity index (χ1v) is 7.47. The molecule has 0 saturated carbocycles. The Kier molecular flexibility index (Phi) is 5.96. The number of hydrogen-bond acceptors (Lipinski definition) is 1. The third kappa shape index (κ3) is 5.33. The Bertz CT molecular complexity index is 619. The van der Waals surface area contributed by atoms with Crippen molar-refractivity contribution in [1.82, 2.24) is 5.32 Å². The van der Waals surface area contributed by atoms with Crippen molar-refractivity contribution < 1.29 is 4.39 Å². The molecule has 0 bridgehead atoms. The molecule has 110 valence electrons. The van der Waals surface area contributed by atoms with Gasteiger partial charge in [-0.05, 0) is 54.9 Å². The number of aryl methyl sites for hydroxylation is 1. The number of thiocarbonyl (C=S) groups is 1. The number of hydrogen-bond donors (Lipinski definition) is 2. The first kappa shape index (κ1) is 15.7. The van der Waals surface area contributed by atoms with E-state index >= 15 is 0 Å². The number of anilines is 1. The highest BCUT2D eigenvalue weighted by Gasteiger charge is 2.01. The Morgan fingerprint density at radius 3 is 2.71 bits per heavy atom. The summed E-state index contributed by atoms with van der Waals surface area (Å²) in [4.78, 5) is 0. The Morgan fingerprint density at radius 2 is 1.95 bits per heavy atom. The Balaban J connectivity index is 1.71. The smallest absolute Gasteiger partial charge is 0.170 e. The zero-order valence-electron chi connectivity index (χ0n) is 11.4. The van der Waals surface area contributed by atoms with Crippen LogP contribution in [-0.4, -0.2) is 11.7 Å². The van der Waals surface area contributed by atoms with Crippen molar-refractivity contribution in [3.8, 4) is 0 Å². The summed E-state index contributed by atoms with van der Waals surface area (Å²) in [6, 6.07) is 14.0. The van der Waals surface area contributed by atoms with Crippen LogP contribution in [0.5, 0.6) is 0 Å². The van der Waals surface area contributed by atoms with E-state index in [1.807, 2.05) is 24.3 Å². The number of benzene rings is 2. The molecule has 2 nitrogen and oxygen atoms in total.